The molecule has 2 N–H and O–H groups in total. The minimum atomic E-state index is -0.463. The summed E-state index contributed by atoms with van der Waals surface area (Å²) in [6.45, 7) is 0.664. The summed E-state index contributed by atoms with van der Waals surface area (Å²) in [5, 5.41) is 7.44. The van der Waals surface area contributed by atoms with Crippen LogP contribution in [-0.4, -0.2) is 31.4 Å². The third kappa shape index (κ3) is 5.48. The summed E-state index contributed by atoms with van der Waals surface area (Å²) in [7, 11) is 1.55. The van der Waals surface area contributed by atoms with Gasteiger partial charge in [0.25, 0.3) is 11.8 Å². The van der Waals surface area contributed by atoms with Gasteiger partial charge in [-0.05, 0) is 66.4 Å². The Labute approximate surface area is 195 Å². The fourth-order valence-corrected chi connectivity index (χ4v) is 4.14. The highest BCUT2D eigenvalue weighted by atomic mass is 32.1. The Kier molecular flexibility index (Phi) is 6.85. The number of carbonyl (C=O) groups excluding carboxylic acids is 3. The minimum absolute atomic E-state index is 0.0727. The van der Waals surface area contributed by atoms with E-state index < -0.39 is 11.8 Å². The number of hydrogen-bond donors (Lipinski definition) is 2. The van der Waals surface area contributed by atoms with Gasteiger partial charge in [-0.2, -0.15) is 0 Å². The van der Waals surface area contributed by atoms with Gasteiger partial charge in [0.1, 0.15) is 11.4 Å². The van der Waals surface area contributed by atoms with E-state index in [0.29, 0.717) is 30.0 Å². The molecule has 4 rings (SSSR count). The lowest BCUT2D eigenvalue weighted by Crippen LogP contribution is -2.30. The molecule has 0 bridgehead atoms. The Morgan fingerprint density at radius 1 is 1.09 bits per heavy atom. The average Bonchev–Trinajstić information content (AvgIpc) is 3.50. The van der Waals surface area contributed by atoms with Gasteiger partial charge in [-0.1, -0.05) is 12.1 Å². The van der Waals surface area contributed by atoms with Gasteiger partial charge in [-0.15, -0.1) is 11.3 Å². The number of hydrogen-bond acceptors (Lipinski definition) is 5. The van der Waals surface area contributed by atoms with Crippen LogP contribution >= 0.6 is 11.3 Å². The van der Waals surface area contributed by atoms with Crippen LogP contribution in [0.2, 0.25) is 0 Å². The smallest absolute Gasteiger partial charge is 0.272 e. The number of amides is 3. The first-order valence-electron chi connectivity index (χ1n) is 10.5. The maximum atomic E-state index is 13.1. The topological polar surface area (TPSA) is 87.7 Å². The van der Waals surface area contributed by atoms with Gasteiger partial charge in [-0.3, -0.25) is 14.4 Å². The highest BCUT2D eigenvalue weighted by Gasteiger charge is 2.22. The fraction of sp³-hybridized carbons (Fsp3) is 0.160. The highest BCUT2D eigenvalue weighted by molar-refractivity contribution is 7.10. The maximum Gasteiger partial charge on any atom is 0.272 e. The van der Waals surface area contributed by atoms with Crippen LogP contribution in [0, 0.1) is 0 Å². The van der Waals surface area contributed by atoms with E-state index in [4.69, 9.17) is 4.74 Å². The van der Waals surface area contributed by atoms with Gasteiger partial charge in [0.15, 0.2) is 0 Å². The molecule has 3 aromatic rings. The summed E-state index contributed by atoms with van der Waals surface area (Å²) >= 11 is 1.45. The summed E-state index contributed by atoms with van der Waals surface area (Å²) in [5.41, 5.74) is 1.78. The number of benzene rings is 2. The van der Waals surface area contributed by atoms with Crippen molar-refractivity contribution in [1.29, 1.82) is 0 Å². The summed E-state index contributed by atoms with van der Waals surface area (Å²) in [4.78, 5) is 40.5. The van der Waals surface area contributed by atoms with E-state index in [1.165, 1.54) is 11.3 Å². The Bertz CT molecular complexity index is 1190. The van der Waals surface area contributed by atoms with Crippen molar-refractivity contribution in [3.05, 3.63) is 82.2 Å². The second-order valence-electron chi connectivity index (χ2n) is 7.41. The maximum absolute atomic E-state index is 13.1. The van der Waals surface area contributed by atoms with Gasteiger partial charge in [0, 0.05) is 34.8 Å². The molecule has 168 valence electrons. The summed E-state index contributed by atoms with van der Waals surface area (Å²) in [6.07, 6.45) is 2.98. The van der Waals surface area contributed by atoms with Crippen molar-refractivity contribution in [2.75, 3.05) is 23.9 Å². The van der Waals surface area contributed by atoms with Crippen molar-refractivity contribution in [3.8, 4) is 5.75 Å². The molecule has 33 heavy (non-hydrogen) atoms. The van der Waals surface area contributed by atoms with Gasteiger partial charge >= 0.3 is 0 Å². The molecule has 7 nitrogen and oxygen atoms in total. The molecule has 2 aromatic carbocycles. The second-order valence-corrected chi connectivity index (χ2v) is 8.39. The average molecular weight is 462 g/mol. The lowest BCUT2D eigenvalue weighted by molar-refractivity contribution is -0.117. The molecule has 0 spiro atoms. The fourth-order valence-electron chi connectivity index (χ4n) is 3.48. The van der Waals surface area contributed by atoms with E-state index in [2.05, 4.69) is 10.6 Å². The van der Waals surface area contributed by atoms with Crippen LogP contribution in [-0.2, 0) is 9.59 Å². The van der Waals surface area contributed by atoms with Crippen LogP contribution in [0.15, 0.2) is 71.7 Å². The summed E-state index contributed by atoms with van der Waals surface area (Å²) in [6, 6.07) is 17.5. The molecule has 1 aliphatic rings. The number of rotatable bonds is 7. The van der Waals surface area contributed by atoms with Crippen molar-refractivity contribution < 1.29 is 19.1 Å². The highest BCUT2D eigenvalue weighted by Crippen LogP contribution is 2.24. The molecular weight excluding hydrogens is 438 g/mol. The van der Waals surface area contributed by atoms with E-state index in [1.54, 1.807) is 60.6 Å². The Morgan fingerprint density at radius 3 is 2.58 bits per heavy atom. The molecule has 0 atom stereocenters. The molecule has 0 aliphatic carbocycles. The van der Waals surface area contributed by atoms with Crippen LogP contribution in [0.4, 0.5) is 11.4 Å². The van der Waals surface area contributed by atoms with Crippen molar-refractivity contribution in [2.45, 2.75) is 12.8 Å². The van der Waals surface area contributed by atoms with Crippen molar-refractivity contribution >= 4 is 46.5 Å². The van der Waals surface area contributed by atoms with Crippen LogP contribution < -0.4 is 20.3 Å². The van der Waals surface area contributed by atoms with E-state index in [9.17, 15) is 14.4 Å². The predicted molar refractivity (Wildman–Crippen MR) is 129 cm³/mol. The first-order chi connectivity index (χ1) is 16.0. The zero-order valence-corrected chi connectivity index (χ0v) is 18.9. The van der Waals surface area contributed by atoms with Gasteiger partial charge in [0.2, 0.25) is 5.91 Å². The van der Waals surface area contributed by atoms with E-state index >= 15 is 0 Å². The van der Waals surface area contributed by atoms with Crippen molar-refractivity contribution in [2.24, 2.45) is 0 Å². The van der Waals surface area contributed by atoms with Crippen molar-refractivity contribution in [1.82, 2.24) is 5.32 Å². The number of nitrogens with one attached hydrogen (secondary N) is 2. The summed E-state index contributed by atoms with van der Waals surface area (Å²) in [5.74, 6) is -0.166. The Morgan fingerprint density at radius 2 is 1.91 bits per heavy atom. The quantitative estimate of drug-likeness (QED) is 0.514. The van der Waals surface area contributed by atoms with Crippen LogP contribution in [0.1, 0.15) is 28.1 Å². The molecule has 2 heterocycles. The van der Waals surface area contributed by atoms with Gasteiger partial charge in [-0.25, -0.2) is 0 Å². The minimum Gasteiger partial charge on any atom is -0.497 e. The second kappa shape index (κ2) is 10.1. The lowest BCUT2D eigenvalue weighted by atomic mass is 10.2. The number of anilines is 2. The molecule has 0 saturated carbocycles. The summed E-state index contributed by atoms with van der Waals surface area (Å²) < 4.78 is 5.13. The number of nitrogens with zero attached hydrogens (tertiary/aromatic N) is 1. The number of ether oxygens (including phenoxy) is 1. The third-order valence-corrected chi connectivity index (χ3v) is 5.98. The SMILES string of the molecule is COc1ccc(C(=O)N/C(=C\c2cccs2)C(=O)Nc2cccc(N3CCCC3=O)c2)cc1. The predicted octanol–water partition coefficient (Wildman–Crippen LogP) is 4.29. The van der Waals surface area contributed by atoms with Gasteiger partial charge in [0.05, 0.1) is 7.11 Å². The third-order valence-electron chi connectivity index (χ3n) is 5.16. The van der Waals surface area contributed by atoms with Crippen LogP contribution in [0.5, 0.6) is 5.75 Å². The monoisotopic (exact) mass is 461 g/mol. The zero-order chi connectivity index (χ0) is 23.2. The zero-order valence-electron chi connectivity index (χ0n) is 18.0. The first-order valence-corrected chi connectivity index (χ1v) is 11.3. The lowest BCUT2D eigenvalue weighted by Gasteiger charge is -2.17. The molecule has 1 fully saturated rings. The van der Waals surface area contributed by atoms with Crippen LogP contribution in [0.3, 0.4) is 0 Å². The van der Waals surface area contributed by atoms with Crippen LogP contribution in [0.25, 0.3) is 6.08 Å². The number of methoxy groups -OCH3 is 1. The molecule has 1 aromatic heterocycles. The molecular formula is C25H23N3O4S. The number of thiophene rings is 1. The Hall–Kier alpha value is -3.91. The first kappa shape index (κ1) is 22.3. The molecule has 3 amide bonds. The van der Waals surface area contributed by atoms with E-state index in [-0.39, 0.29) is 11.6 Å². The van der Waals surface area contributed by atoms with Crippen molar-refractivity contribution in [3.63, 3.8) is 0 Å². The molecule has 1 saturated heterocycles. The van der Waals surface area contributed by atoms with E-state index in [1.807, 2.05) is 23.6 Å². The Balaban J connectivity index is 1.54. The van der Waals surface area contributed by atoms with Gasteiger partial charge < -0.3 is 20.3 Å². The molecule has 8 heteroatoms. The standard InChI is InChI=1S/C25H23N3O4S/c1-32-20-11-9-17(10-12-20)24(30)27-22(16-21-7-4-14-33-21)25(31)26-18-5-2-6-19(15-18)28-13-3-8-23(28)29/h2,4-7,9-12,14-16H,3,8,13H2,1H3,(H,26,31)(H,27,30)/b22-16-. The largest absolute Gasteiger partial charge is 0.497 e. The molecule has 1 aliphatic heterocycles. The molecule has 0 unspecified atom stereocenters. The molecule has 0 radical (unpaired) electrons. The number of carbonyl (C=O) groups is 3. The normalized spacial score (nSPS) is 13.7. The van der Waals surface area contributed by atoms with E-state index in [0.717, 1.165) is 17.0 Å².